The molecule has 242 valence electrons. The van der Waals surface area contributed by atoms with E-state index in [0.717, 1.165) is 30.0 Å². The minimum atomic E-state index is -2.08. The van der Waals surface area contributed by atoms with E-state index in [9.17, 15) is 4.79 Å². The third-order valence-electron chi connectivity index (χ3n) is 8.90. The van der Waals surface area contributed by atoms with Crippen LogP contribution in [0, 0.1) is 0 Å². The van der Waals surface area contributed by atoms with Gasteiger partial charge in [-0.2, -0.15) is 0 Å². The van der Waals surface area contributed by atoms with Gasteiger partial charge in [0.25, 0.3) is 0 Å². The number of carbonyl (C=O) groups excluding carboxylic acids is 1. The Bertz CT molecular complexity index is 1020. The second-order valence-corrected chi connectivity index (χ2v) is 25.6. The highest BCUT2D eigenvalue weighted by Gasteiger charge is 2.43. The summed E-state index contributed by atoms with van der Waals surface area (Å²) in [6.45, 7) is 29.7. The van der Waals surface area contributed by atoms with Crippen molar-refractivity contribution < 1.29 is 18.4 Å². The molecule has 0 N–H and O–H groups in total. The molecule has 5 nitrogen and oxygen atoms in total. The summed E-state index contributed by atoms with van der Waals surface area (Å²) in [6, 6.07) is 0. The number of nitrogens with zero attached hydrogens (tertiary/aromatic N) is 1. The Morgan fingerprint density at radius 2 is 1.60 bits per heavy atom. The summed E-state index contributed by atoms with van der Waals surface area (Å²) in [4.78, 5) is 17.8. The van der Waals surface area contributed by atoms with Crippen molar-refractivity contribution in [1.82, 2.24) is 4.98 Å². The standard InChI is InChI=1S/C33H60INO4SSi2/c1-14-16-17-18-19-26(31(36)37-15-2)22-27-24-40-30(35-27)25(3)29(39-42(12,13)33(7,8)9)23-28(20-21-34)38-41(10,11)32(4,5)6/h20-22,24-25,28-29H,14-19,23H2,1-13H3/b21-20+,26-22+/t25-,28-,29+/m1/s1. The van der Waals surface area contributed by atoms with E-state index in [-0.39, 0.29) is 34.2 Å². The highest BCUT2D eigenvalue weighted by Crippen LogP contribution is 2.42. The third kappa shape index (κ3) is 12.6. The molecule has 0 amide bonds. The Labute approximate surface area is 278 Å². The summed E-state index contributed by atoms with van der Waals surface area (Å²) in [6.07, 6.45) is 9.97. The molecule has 1 heterocycles. The van der Waals surface area contributed by atoms with E-state index in [0.29, 0.717) is 18.6 Å². The SMILES string of the molecule is CCCCCC/C(=C\c1csc([C@H](C)[C@H](C[C@@H](/C=C/I)O[Si](C)(C)C(C)(C)C)O[Si](C)(C)C(C)(C)C)n1)C(=O)OCC. The minimum Gasteiger partial charge on any atom is -0.463 e. The zero-order valence-electron chi connectivity index (χ0n) is 28.9. The van der Waals surface area contributed by atoms with Gasteiger partial charge in [-0.3, -0.25) is 0 Å². The Morgan fingerprint density at radius 3 is 2.12 bits per heavy atom. The van der Waals surface area contributed by atoms with Gasteiger partial charge < -0.3 is 13.6 Å². The Balaban J connectivity index is 3.40. The zero-order chi connectivity index (χ0) is 32.4. The first-order valence-corrected chi connectivity index (χ1v) is 23.7. The fraction of sp³-hybridized carbons (Fsp3) is 0.758. The first kappa shape index (κ1) is 39.7. The number of unbranched alkanes of at least 4 members (excludes halogenated alkanes) is 3. The molecule has 0 unspecified atom stereocenters. The maximum absolute atomic E-state index is 12.7. The lowest BCUT2D eigenvalue weighted by atomic mass is 10.00. The Morgan fingerprint density at radius 1 is 1.00 bits per heavy atom. The molecule has 0 aromatic carbocycles. The van der Waals surface area contributed by atoms with Gasteiger partial charge in [-0.05, 0) is 66.2 Å². The molecule has 0 aliphatic rings. The van der Waals surface area contributed by atoms with Gasteiger partial charge in [-0.1, -0.05) is 103 Å². The van der Waals surface area contributed by atoms with E-state index in [1.165, 1.54) is 12.8 Å². The van der Waals surface area contributed by atoms with Gasteiger partial charge in [-0.25, -0.2) is 9.78 Å². The van der Waals surface area contributed by atoms with Crippen LogP contribution in [0.1, 0.15) is 117 Å². The first-order valence-electron chi connectivity index (χ1n) is 15.7. The van der Waals surface area contributed by atoms with Crippen LogP contribution in [0.2, 0.25) is 36.3 Å². The van der Waals surface area contributed by atoms with Crippen LogP contribution in [-0.4, -0.2) is 46.4 Å². The molecular formula is C33H60INO4SSi2. The lowest BCUT2D eigenvalue weighted by molar-refractivity contribution is -0.138. The molecule has 0 saturated heterocycles. The molecule has 1 aromatic rings. The molecule has 3 atom stereocenters. The van der Waals surface area contributed by atoms with Gasteiger partial charge in [0.15, 0.2) is 16.6 Å². The first-order chi connectivity index (χ1) is 19.3. The molecule has 0 saturated carbocycles. The van der Waals surface area contributed by atoms with Crippen molar-refractivity contribution in [3.05, 3.63) is 31.8 Å². The smallest absolute Gasteiger partial charge is 0.334 e. The number of thiazole rings is 1. The molecule has 0 bridgehead atoms. The van der Waals surface area contributed by atoms with Crippen LogP contribution in [-0.2, 0) is 18.4 Å². The number of ether oxygens (including phenoxy) is 1. The Hall–Kier alpha value is -0.336. The third-order valence-corrected chi connectivity index (χ3v) is 19.4. The summed E-state index contributed by atoms with van der Waals surface area (Å²) in [5, 5.41) is 3.30. The topological polar surface area (TPSA) is 57.7 Å². The summed E-state index contributed by atoms with van der Waals surface area (Å²) in [5.74, 6) is -0.151. The van der Waals surface area contributed by atoms with Crippen molar-refractivity contribution in [3.63, 3.8) is 0 Å². The summed E-state index contributed by atoms with van der Waals surface area (Å²) in [7, 11) is -4.07. The molecule has 0 fully saturated rings. The minimum absolute atomic E-state index is 0.0297. The van der Waals surface area contributed by atoms with E-state index < -0.39 is 16.6 Å². The van der Waals surface area contributed by atoms with Crippen molar-refractivity contribution in [1.29, 1.82) is 0 Å². The van der Waals surface area contributed by atoms with Gasteiger partial charge in [0.1, 0.15) is 0 Å². The van der Waals surface area contributed by atoms with E-state index >= 15 is 0 Å². The highest BCUT2D eigenvalue weighted by atomic mass is 127. The average molecular weight is 750 g/mol. The number of carbonyl (C=O) groups is 1. The molecule has 0 aliphatic heterocycles. The molecule has 0 radical (unpaired) electrons. The van der Waals surface area contributed by atoms with Gasteiger partial charge in [-0.15, -0.1) is 11.3 Å². The van der Waals surface area contributed by atoms with Crippen LogP contribution in [0.25, 0.3) is 6.08 Å². The summed E-state index contributed by atoms with van der Waals surface area (Å²) in [5.41, 5.74) is 1.54. The predicted octanol–water partition coefficient (Wildman–Crippen LogP) is 11.3. The maximum atomic E-state index is 12.7. The molecule has 1 rings (SSSR count). The number of esters is 1. The van der Waals surface area contributed by atoms with Gasteiger partial charge in [0.05, 0.1) is 29.5 Å². The number of hydrogen-bond donors (Lipinski definition) is 0. The molecule has 9 heteroatoms. The van der Waals surface area contributed by atoms with Crippen molar-refractivity contribution in [2.45, 2.75) is 155 Å². The van der Waals surface area contributed by atoms with Crippen LogP contribution >= 0.6 is 33.9 Å². The second kappa shape index (κ2) is 17.4. The van der Waals surface area contributed by atoms with Crippen molar-refractivity contribution in [2.24, 2.45) is 0 Å². The van der Waals surface area contributed by atoms with E-state index in [1.807, 2.05) is 13.0 Å². The number of aromatic nitrogens is 1. The van der Waals surface area contributed by atoms with Crippen LogP contribution in [0.5, 0.6) is 0 Å². The second-order valence-electron chi connectivity index (χ2n) is 14.5. The van der Waals surface area contributed by atoms with Crippen LogP contribution in [0.4, 0.5) is 0 Å². The van der Waals surface area contributed by atoms with Gasteiger partial charge in [0.2, 0.25) is 0 Å². The lowest BCUT2D eigenvalue weighted by Gasteiger charge is -2.43. The average Bonchev–Trinajstić information content (AvgIpc) is 3.32. The van der Waals surface area contributed by atoms with Crippen LogP contribution < -0.4 is 0 Å². The predicted molar refractivity (Wildman–Crippen MR) is 196 cm³/mol. The lowest BCUT2D eigenvalue weighted by Crippen LogP contribution is -2.48. The van der Waals surface area contributed by atoms with Gasteiger partial charge in [0, 0.05) is 23.3 Å². The number of rotatable bonds is 17. The molecule has 0 aliphatic carbocycles. The van der Waals surface area contributed by atoms with Crippen molar-refractivity contribution in [2.75, 3.05) is 6.61 Å². The van der Waals surface area contributed by atoms with Crippen LogP contribution in [0.15, 0.2) is 21.1 Å². The van der Waals surface area contributed by atoms with E-state index in [4.69, 9.17) is 18.6 Å². The molecule has 42 heavy (non-hydrogen) atoms. The maximum Gasteiger partial charge on any atom is 0.334 e. The number of hydrogen-bond acceptors (Lipinski definition) is 6. The summed E-state index contributed by atoms with van der Waals surface area (Å²) >= 11 is 3.95. The normalized spacial score (nSPS) is 16.1. The highest BCUT2D eigenvalue weighted by molar-refractivity contribution is 14.1. The fourth-order valence-electron chi connectivity index (χ4n) is 4.05. The Kier molecular flexibility index (Phi) is 16.4. The largest absolute Gasteiger partial charge is 0.463 e. The molecular weight excluding hydrogens is 690 g/mol. The molecule has 1 aromatic heterocycles. The van der Waals surface area contributed by atoms with Crippen molar-refractivity contribution >= 4 is 62.6 Å². The monoisotopic (exact) mass is 749 g/mol. The van der Waals surface area contributed by atoms with Crippen LogP contribution in [0.3, 0.4) is 0 Å². The van der Waals surface area contributed by atoms with Gasteiger partial charge >= 0.3 is 5.97 Å². The summed E-state index contributed by atoms with van der Waals surface area (Å²) < 4.78 is 21.5. The van der Waals surface area contributed by atoms with Crippen molar-refractivity contribution in [3.8, 4) is 0 Å². The fourth-order valence-corrected chi connectivity index (χ4v) is 8.10. The zero-order valence-corrected chi connectivity index (χ0v) is 33.8. The quantitative estimate of drug-likeness (QED) is 0.0522. The molecule has 0 spiro atoms. The van der Waals surface area contributed by atoms with E-state index in [2.05, 4.69) is 120 Å². The number of halogens is 1. The van der Waals surface area contributed by atoms with E-state index in [1.54, 1.807) is 11.3 Å².